The van der Waals surface area contributed by atoms with Crippen LogP contribution >= 0.6 is 0 Å². The number of hydrogen-bond donors (Lipinski definition) is 1. The second kappa shape index (κ2) is 8.55. The highest BCUT2D eigenvalue weighted by molar-refractivity contribution is 4.64. The topological polar surface area (TPSA) is 12.0 Å². The van der Waals surface area contributed by atoms with E-state index >= 15 is 0 Å². The Labute approximate surface area is 84.3 Å². The fourth-order valence-corrected chi connectivity index (χ4v) is 1.65. The third-order valence-electron chi connectivity index (χ3n) is 2.48. The SMILES string of the molecule is CCCCC(CCC)CNC(C)C. The molecule has 0 bridgehead atoms. The van der Waals surface area contributed by atoms with Crippen LogP contribution in [0.25, 0.3) is 0 Å². The zero-order chi connectivity index (χ0) is 10.1. The smallest absolute Gasteiger partial charge is 0.00104 e. The third kappa shape index (κ3) is 8.29. The Hall–Kier alpha value is -0.0400. The Morgan fingerprint density at radius 1 is 1.00 bits per heavy atom. The van der Waals surface area contributed by atoms with Gasteiger partial charge in [0.1, 0.15) is 0 Å². The van der Waals surface area contributed by atoms with Gasteiger partial charge in [-0.2, -0.15) is 0 Å². The van der Waals surface area contributed by atoms with Crippen LogP contribution in [-0.2, 0) is 0 Å². The van der Waals surface area contributed by atoms with Crippen molar-refractivity contribution in [3.63, 3.8) is 0 Å². The van der Waals surface area contributed by atoms with Gasteiger partial charge in [0, 0.05) is 6.04 Å². The van der Waals surface area contributed by atoms with E-state index in [-0.39, 0.29) is 0 Å². The number of rotatable bonds is 8. The summed E-state index contributed by atoms with van der Waals surface area (Å²) in [4.78, 5) is 0. The maximum atomic E-state index is 3.54. The van der Waals surface area contributed by atoms with Gasteiger partial charge in [0.2, 0.25) is 0 Å². The molecule has 80 valence electrons. The summed E-state index contributed by atoms with van der Waals surface area (Å²) in [6, 6.07) is 0.640. The van der Waals surface area contributed by atoms with Crippen molar-refractivity contribution in [2.45, 2.75) is 65.8 Å². The molecule has 0 aliphatic carbocycles. The molecule has 0 aromatic carbocycles. The highest BCUT2D eigenvalue weighted by Crippen LogP contribution is 2.13. The van der Waals surface area contributed by atoms with Crippen LogP contribution in [0.4, 0.5) is 0 Å². The molecule has 0 aliphatic rings. The highest BCUT2D eigenvalue weighted by atomic mass is 14.9. The highest BCUT2D eigenvalue weighted by Gasteiger charge is 2.06. The Kier molecular flexibility index (Phi) is 8.53. The molecule has 0 aromatic heterocycles. The Morgan fingerprint density at radius 2 is 1.69 bits per heavy atom. The Balaban J connectivity index is 3.53. The quantitative estimate of drug-likeness (QED) is 0.609. The lowest BCUT2D eigenvalue weighted by atomic mass is 9.97. The van der Waals surface area contributed by atoms with E-state index in [2.05, 4.69) is 33.0 Å². The molecule has 0 saturated carbocycles. The molecule has 0 aromatic rings. The van der Waals surface area contributed by atoms with Crippen molar-refractivity contribution in [1.82, 2.24) is 5.32 Å². The second-order valence-electron chi connectivity index (χ2n) is 4.36. The van der Waals surface area contributed by atoms with Gasteiger partial charge in [0.15, 0.2) is 0 Å². The van der Waals surface area contributed by atoms with Crippen LogP contribution in [0.3, 0.4) is 0 Å². The summed E-state index contributed by atoms with van der Waals surface area (Å²) in [5, 5.41) is 3.54. The van der Waals surface area contributed by atoms with E-state index < -0.39 is 0 Å². The van der Waals surface area contributed by atoms with Crippen LogP contribution in [0.5, 0.6) is 0 Å². The van der Waals surface area contributed by atoms with Crippen molar-refractivity contribution < 1.29 is 0 Å². The van der Waals surface area contributed by atoms with E-state index in [1.165, 1.54) is 38.6 Å². The molecule has 0 spiro atoms. The maximum absolute atomic E-state index is 3.54. The fourth-order valence-electron chi connectivity index (χ4n) is 1.65. The largest absolute Gasteiger partial charge is 0.314 e. The van der Waals surface area contributed by atoms with Crippen molar-refractivity contribution >= 4 is 0 Å². The van der Waals surface area contributed by atoms with Crippen LogP contribution in [0.15, 0.2) is 0 Å². The molecular formula is C12H27N. The molecule has 1 N–H and O–H groups in total. The number of hydrogen-bond acceptors (Lipinski definition) is 1. The standard InChI is InChI=1S/C12H27N/c1-5-7-9-12(8-6-2)10-13-11(3)4/h11-13H,5-10H2,1-4H3. The minimum Gasteiger partial charge on any atom is -0.314 e. The summed E-state index contributed by atoms with van der Waals surface area (Å²) in [5.74, 6) is 0.910. The first-order valence-corrected chi connectivity index (χ1v) is 5.94. The molecule has 0 rings (SSSR count). The molecule has 0 fully saturated rings. The van der Waals surface area contributed by atoms with Gasteiger partial charge < -0.3 is 5.32 Å². The molecule has 0 amide bonds. The predicted octanol–water partition coefficient (Wildman–Crippen LogP) is 3.59. The minimum atomic E-state index is 0.640. The molecule has 0 saturated heterocycles. The van der Waals surface area contributed by atoms with Crippen LogP contribution in [0.2, 0.25) is 0 Å². The monoisotopic (exact) mass is 185 g/mol. The van der Waals surface area contributed by atoms with Crippen LogP contribution in [-0.4, -0.2) is 12.6 Å². The van der Waals surface area contributed by atoms with Gasteiger partial charge in [-0.1, -0.05) is 47.0 Å². The lowest BCUT2D eigenvalue weighted by Crippen LogP contribution is -2.28. The van der Waals surface area contributed by atoms with E-state index in [0.29, 0.717) is 6.04 Å². The molecule has 0 radical (unpaired) electrons. The van der Waals surface area contributed by atoms with E-state index in [4.69, 9.17) is 0 Å². The lowest BCUT2D eigenvalue weighted by molar-refractivity contribution is 0.387. The van der Waals surface area contributed by atoms with E-state index in [1.54, 1.807) is 0 Å². The average molecular weight is 185 g/mol. The van der Waals surface area contributed by atoms with E-state index in [0.717, 1.165) is 5.92 Å². The normalized spacial score (nSPS) is 13.6. The van der Waals surface area contributed by atoms with Gasteiger partial charge in [0.05, 0.1) is 0 Å². The number of unbranched alkanes of at least 4 members (excludes halogenated alkanes) is 1. The first-order valence-electron chi connectivity index (χ1n) is 5.94. The summed E-state index contributed by atoms with van der Waals surface area (Å²) in [5.41, 5.74) is 0. The molecule has 0 heterocycles. The summed E-state index contributed by atoms with van der Waals surface area (Å²) in [6.45, 7) is 10.2. The van der Waals surface area contributed by atoms with Gasteiger partial charge >= 0.3 is 0 Å². The number of nitrogens with one attached hydrogen (secondary N) is 1. The van der Waals surface area contributed by atoms with Crippen molar-refractivity contribution in [1.29, 1.82) is 0 Å². The fraction of sp³-hybridized carbons (Fsp3) is 1.00. The maximum Gasteiger partial charge on any atom is 0.00104 e. The Bertz CT molecular complexity index is 99.3. The molecular weight excluding hydrogens is 158 g/mol. The van der Waals surface area contributed by atoms with Crippen LogP contribution < -0.4 is 5.32 Å². The van der Waals surface area contributed by atoms with Crippen LogP contribution in [0.1, 0.15) is 59.8 Å². The molecule has 1 nitrogen and oxygen atoms in total. The van der Waals surface area contributed by atoms with Crippen molar-refractivity contribution in [3.8, 4) is 0 Å². The summed E-state index contributed by atoms with van der Waals surface area (Å²) < 4.78 is 0. The van der Waals surface area contributed by atoms with Gasteiger partial charge in [-0.05, 0) is 25.3 Å². The molecule has 1 unspecified atom stereocenters. The summed E-state index contributed by atoms with van der Waals surface area (Å²) in [7, 11) is 0. The third-order valence-corrected chi connectivity index (χ3v) is 2.48. The predicted molar refractivity (Wildman–Crippen MR) is 61.1 cm³/mol. The van der Waals surface area contributed by atoms with E-state index in [9.17, 15) is 0 Å². The first kappa shape index (κ1) is 13.0. The molecule has 1 heteroatoms. The zero-order valence-corrected chi connectivity index (χ0v) is 9.90. The summed E-state index contributed by atoms with van der Waals surface area (Å²) in [6.07, 6.45) is 6.85. The zero-order valence-electron chi connectivity index (χ0n) is 9.90. The van der Waals surface area contributed by atoms with Gasteiger partial charge in [-0.3, -0.25) is 0 Å². The van der Waals surface area contributed by atoms with Gasteiger partial charge in [-0.15, -0.1) is 0 Å². The summed E-state index contributed by atoms with van der Waals surface area (Å²) >= 11 is 0. The lowest BCUT2D eigenvalue weighted by Gasteiger charge is -2.18. The van der Waals surface area contributed by atoms with Crippen molar-refractivity contribution in [2.24, 2.45) is 5.92 Å². The second-order valence-corrected chi connectivity index (χ2v) is 4.36. The average Bonchev–Trinajstić information content (AvgIpc) is 2.09. The van der Waals surface area contributed by atoms with Crippen molar-refractivity contribution in [2.75, 3.05) is 6.54 Å². The minimum absolute atomic E-state index is 0.640. The molecule has 13 heavy (non-hydrogen) atoms. The van der Waals surface area contributed by atoms with E-state index in [1.807, 2.05) is 0 Å². The van der Waals surface area contributed by atoms with Crippen LogP contribution in [0, 0.1) is 5.92 Å². The van der Waals surface area contributed by atoms with Gasteiger partial charge in [-0.25, -0.2) is 0 Å². The first-order chi connectivity index (χ1) is 6.20. The van der Waals surface area contributed by atoms with Gasteiger partial charge in [0.25, 0.3) is 0 Å². The van der Waals surface area contributed by atoms with Crippen molar-refractivity contribution in [3.05, 3.63) is 0 Å². The Morgan fingerprint density at radius 3 is 2.15 bits per heavy atom. The molecule has 1 atom stereocenters. The molecule has 0 aliphatic heterocycles.